The van der Waals surface area contributed by atoms with Crippen molar-refractivity contribution >= 4 is 18.4 Å². The van der Waals surface area contributed by atoms with Crippen molar-refractivity contribution in [3.63, 3.8) is 0 Å². The fraction of sp³-hybridized carbons (Fsp3) is 0.875. The average molecular weight is 194 g/mol. The second kappa shape index (κ2) is 5.38. The topological polar surface area (TPSA) is 38.3 Å². The molecule has 72 valence electrons. The Morgan fingerprint density at radius 1 is 1.58 bits per heavy atom. The minimum Gasteiger partial charge on any atom is -0.469 e. The molecule has 0 saturated carbocycles. The maximum atomic E-state index is 11.1. The highest BCUT2D eigenvalue weighted by molar-refractivity contribution is 5.85. The highest BCUT2D eigenvalue weighted by atomic mass is 35.5. The van der Waals surface area contributed by atoms with E-state index in [2.05, 4.69) is 17.0 Å². The Labute approximate surface area is 79.3 Å². The average Bonchev–Trinajstić information content (AvgIpc) is 2.03. The first kappa shape index (κ1) is 11.7. The van der Waals surface area contributed by atoms with Gasteiger partial charge in [0.1, 0.15) is 0 Å². The third-order valence-electron chi connectivity index (χ3n) is 2.16. The fourth-order valence-corrected chi connectivity index (χ4v) is 1.51. The van der Waals surface area contributed by atoms with Gasteiger partial charge in [-0.3, -0.25) is 4.79 Å². The summed E-state index contributed by atoms with van der Waals surface area (Å²) < 4.78 is 4.67. The number of hydrogen-bond acceptors (Lipinski definition) is 3. The molecule has 0 bridgehead atoms. The van der Waals surface area contributed by atoms with Crippen molar-refractivity contribution in [1.29, 1.82) is 0 Å². The van der Waals surface area contributed by atoms with Crippen molar-refractivity contribution in [2.45, 2.75) is 25.8 Å². The molecule has 3 nitrogen and oxygen atoms in total. The van der Waals surface area contributed by atoms with Crippen LogP contribution in [0.3, 0.4) is 0 Å². The monoisotopic (exact) mass is 193 g/mol. The van der Waals surface area contributed by atoms with Gasteiger partial charge in [0, 0.05) is 6.04 Å². The van der Waals surface area contributed by atoms with Crippen molar-refractivity contribution in [1.82, 2.24) is 5.32 Å². The van der Waals surface area contributed by atoms with Crippen LogP contribution in [0.15, 0.2) is 0 Å². The summed E-state index contributed by atoms with van der Waals surface area (Å²) in [6, 6.07) is 0.452. The third-order valence-corrected chi connectivity index (χ3v) is 2.16. The molecule has 0 radical (unpaired) electrons. The summed E-state index contributed by atoms with van der Waals surface area (Å²) in [5.74, 6) is 0.0644. The van der Waals surface area contributed by atoms with E-state index in [-0.39, 0.29) is 24.3 Å². The minimum atomic E-state index is -0.0571. The maximum Gasteiger partial charge on any atom is 0.308 e. The van der Waals surface area contributed by atoms with Crippen molar-refractivity contribution in [3.8, 4) is 0 Å². The third kappa shape index (κ3) is 2.99. The van der Waals surface area contributed by atoms with Crippen LogP contribution in [-0.2, 0) is 9.53 Å². The summed E-state index contributed by atoms with van der Waals surface area (Å²) in [7, 11) is 1.45. The van der Waals surface area contributed by atoms with Gasteiger partial charge in [-0.25, -0.2) is 0 Å². The van der Waals surface area contributed by atoms with Crippen molar-refractivity contribution < 1.29 is 9.53 Å². The molecule has 1 fully saturated rings. The quantitative estimate of drug-likeness (QED) is 0.631. The van der Waals surface area contributed by atoms with Gasteiger partial charge in [0.2, 0.25) is 0 Å². The molecule has 1 rings (SSSR count). The van der Waals surface area contributed by atoms with Crippen LogP contribution in [-0.4, -0.2) is 25.7 Å². The van der Waals surface area contributed by atoms with E-state index in [0.29, 0.717) is 6.04 Å². The molecule has 1 heterocycles. The number of halogens is 1. The Morgan fingerprint density at radius 3 is 2.75 bits per heavy atom. The zero-order chi connectivity index (χ0) is 8.27. The maximum absolute atomic E-state index is 11.1. The standard InChI is InChI=1S/C8H15NO2.ClH/c1-6-5-7(3-4-9-6)8(10)11-2;/h6-7,9H,3-5H2,1-2H3;1H/t6-,7-;/m0./s1. The van der Waals surface area contributed by atoms with Gasteiger partial charge in [-0.1, -0.05) is 0 Å². The van der Waals surface area contributed by atoms with E-state index in [1.807, 2.05) is 0 Å². The SMILES string of the molecule is COC(=O)[C@H]1CCN[C@@H](C)C1.Cl. The smallest absolute Gasteiger partial charge is 0.308 e. The number of rotatable bonds is 1. The van der Waals surface area contributed by atoms with Gasteiger partial charge in [-0.05, 0) is 26.3 Å². The predicted octanol–water partition coefficient (Wildman–Crippen LogP) is 0.969. The fourth-order valence-electron chi connectivity index (χ4n) is 1.51. The normalized spacial score (nSPS) is 28.8. The Kier molecular flexibility index (Phi) is 5.25. The first-order valence-corrected chi connectivity index (χ1v) is 4.05. The molecule has 1 N–H and O–H groups in total. The zero-order valence-corrected chi connectivity index (χ0v) is 8.32. The lowest BCUT2D eigenvalue weighted by Crippen LogP contribution is -2.38. The van der Waals surface area contributed by atoms with Crippen LogP contribution in [0.5, 0.6) is 0 Å². The van der Waals surface area contributed by atoms with Gasteiger partial charge in [-0.2, -0.15) is 0 Å². The van der Waals surface area contributed by atoms with Gasteiger partial charge in [-0.15, -0.1) is 12.4 Å². The molecule has 1 aliphatic rings. The first-order valence-electron chi connectivity index (χ1n) is 4.05. The Morgan fingerprint density at radius 2 is 2.25 bits per heavy atom. The molecule has 12 heavy (non-hydrogen) atoms. The number of methoxy groups -OCH3 is 1. The number of nitrogens with one attached hydrogen (secondary N) is 1. The molecule has 0 aromatic heterocycles. The molecule has 0 aromatic rings. The first-order chi connectivity index (χ1) is 5.24. The second-order valence-electron chi connectivity index (χ2n) is 3.10. The molecule has 1 saturated heterocycles. The van der Waals surface area contributed by atoms with Gasteiger partial charge < -0.3 is 10.1 Å². The van der Waals surface area contributed by atoms with Crippen molar-refractivity contribution in [2.75, 3.05) is 13.7 Å². The highest BCUT2D eigenvalue weighted by Gasteiger charge is 2.24. The van der Waals surface area contributed by atoms with Gasteiger partial charge in [0.25, 0.3) is 0 Å². The van der Waals surface area contributed by atoms with Crippen LogP contribution in [0, 0.1) is 5.92 Å². The Hall–Kier alpha value is -0.280. The summed E-state index contributed by atoms with van der Waals surface area (Å²) in [5.41, 5.74) is 0. The summed E-state index contributed by atoms with van der Waals surface area (Å²) in [6.07, 6.45) is 1.82. The molecule has 0 amide bonds. The molecule has 2 atom stereocenters. The zero-order valence-electron chi connectivity index (χ0n) is 7.50. The van der Waals surface area contributed by atoms with Crippen LogP contribution < -0.4 is 5.32 Å². The van der Waals surface area contributed by atoms with E-state index >= 15 is 0 Å². The summed E-state index contributed by atoms with van der Waals surface area (Å²) in [5, 5.41) is 3.28. The lowest BCUT2D eigenvalue weighted by molar-refractivity contribution is -0.146. The Bertz CT molecular complexity index is 152. The van der Waals surface area contributed by atoms with Crippen molar-refractivity contribution in [3.05, 3.63) is 0 Å². The van der Waals surface area contributed by atoms with Crippen LogP contribution in [0.25, 0.3) is 0 Å². The molecule has 1 aliphatic heterocycles. The van der Waals surface area contributed by atoms with E-state index in [9.17, 15) is 4.79 Å². The molecular weight excluding hydrogens is 178 g/mol. The highest BCUT2D eigenvalue weighted by Crippen LogP contribution is 2.16. The molecule has 0 spiro atoms. The number of ether oxygens (including phenoxy) is 1. The van der Waals surface area contributed by atoms with Gasteiger partial charge in [0.15, 0.2) is 0 Å². The van der Waals surface area contributed by atoms with E-state index in [1.165, 1.54) is 7.11 Å². The van der Waals surface area contributed by atoms with Crippen molar-refractivity contribution in [2.24, 2.45) is 5.92 Å². The molecular formula is C8H16ClNO2. The van der Waals surface area contributed by atoms with Crippen LogP contribution >= 0.6 is 12.4 Å². The molecule has 0 unspecified atom stereocenters. The van der Waals surface area contributed by atoms with Crippen LogP contribution in [0.2, 0.25) is 0 Å². The van der Waals surface area contributed by atoms with Crippen LogP contribution in [0.1, 0.15) is 19.8 Å². The van der Waals surface area contributed by atoms with E-state index < -0.39 is 0 Å². The van der Waals surface area contributed by atoms with E-state index in [0.717, 1.165) is 19.4 Å². The van der Waals surface area contributed by atoms with Gasteiger partial charge in [0.05, 0.1) is 13.0 Å². The van der Waals surface area contributed by atoms with E-state index in [4.69, 9.17) is 0 Å². The summed E-state index contributed by atoms with van der Waals surface area (Å²) in [6.45, 7) is 3.02. The molecule has 4 heteroatoms. The largest absolute Gasteiger partial charge is 0.469 e. The minimum absolute atomic E-state index is 0. The number of carbonyl (C=O) groups is 1. The lowest BCUT2D eigenvalue weighted by atomic mass is 9.93. The number of hydrogen-bond donors (Lipinski definition) is 1. The van der Waals surface area contributed by atoms with Crippen LogP contribution in [0.4, 0.5) is 0 Å². The Balaban J connectivity index is 0.00000121. The number of carbonyl (C=O) groups excluding carboxylic acids is 1. The van der Waals surface area contributed by atoms with Gasteiger partial charge >= 0.3 is 5.97 Å². The molecule has 0 aliphatic carbocycles. The molecule has 0 aromatic carbocycles. The van der Waals surface area contributed by atoms with E-state index in [1.54, 1.807) is 0 Å². The summed E-state index contributed by atoms with van der Waals surface area (Å²) >= 11 is 0. The predicted molar refractivity (Wildman–Crippen MR) is 49.5 cm³/mol. The second-order valence-corrected chi connectivity index (χ2v) is 3.10. The summed E-state index contributed by atoms with van der Waals surface area (Å²) in [4.78, 5) is 11.1. The number of piperidine rings is 1. The number of esters is 1. The lowest BCUT2D eigenvalue weighted by Gasteiger charge is -2.25.